The van der Waals surface area contributed by atoms with Crippen LogP contribution in [0.2, 0.25) is 0 Å². The first kappa shape index (κ1) is 16.5. The number of amides is 1. The van der Waals surface area contributed by atoms with Crippen LogP contribution in [0.5, 0.6) is 0 Å². The van der Waals surface area contributed by atoms with Crippen LogP contribution >= 0.6 is 0 Å². The zero-order chi connectivity index (χ0) is 15.2. The van der Waals surface area contributed by atoms with Crippen LogP contribution in [0.4, 0.5) is 0 Å². The van der Waals surface area contributed by atoms with Crippen molar-refractivity contribution in [2.45, 2.75) is 70.3 Å². The van der Waals surface area contributed by atoms with E-state index >= 15 is 0 Å². The fraction of sp³-hybridized carbons (Fsp3) is 0.833. The first-order valence-corrected chi connectivity index (χ1v) is 8.70. The fourth-order valence-corrected chi connectivity index (χ4v) is 3.87. The highest BCUT2D eigenvalue weighted by Crippen LogP contribution is 2.37. The second-order valence-corrected chi connectivity index (χ2v) is 7.05. The normalized spacial score (nSPS) is 23.9. The van der Waals surface area contributed by atoms with Gasteiger partial charge in [0.2, 0.25) is 5.91 Å². The number of nitrogens with zero attached hydrogens (tertiary/aromatic N) is 1. The average Bonchev–Trinajstić information content (AvgIpc) is 2.53. The number of likely N-dealkylation sites (N-methyl/N-ethyl adjacent to an activating group) is 1. The molecule has 0 aromatic carbocycles. The van der Waals surface area contributed by atoms with Crippen LogP contribution in [0.25, 0.3) is 0 Å². The van der Waals surface area contributed by atoms with E-state index < -0.39 is 6.10 Å². The third-order valence-electron chi connectivity index (χ3n) is 5.25. The van der Waals surface area contributed by atoms with Crippen LogP contribution in [0.15, 0.2) is 11.6 Å². The molecule has 0 spiro atoms. The molecule has 1 unspecified atom stereocenters. The minimum atomic E-state index is -0.405. The Kier molecular flexibility index (Phi) is 6.28. The second kappa shape index (κ2) is 7.98. The van der Waals surface area contributed by atoms with Gasteiger partial charge < -0.3 is 10.0 Å². The molecule has 2 aliphatic carbocycles. The Hall–Kier alpha value is -0.830. The summed E-state index contributed by atoms with van der Waals surface area (Å²) in [7, 11) is 3.56. The molecule has 0 aromatic heterocycles. The first-order chi connectivity index (χ1) is 10.1. The smallest absolute Gasteiger partial charge is 0.246 e. The van der Waals surface area contributed by atoms with Gasteiger partial charge in [0.15, 0.2) is 0 Å². The number of carbonyl (C=O) groups excluding carboxylic acids is 1. The van der Waals surface area contributed by atoms with Gasteiger partial charge in [0, 0.05) is 20.2 Å². The molecule has 3 heteroatoms. The lowest BCUT2D eigenvalue weighted by atomic mass is 9.75. The van der Waals surface area contributed by atoms with Crippen molar-refractivity contribution in [2.75, 3.05) is 14.1 Å². The SMILES string of the molecule is CN(C)C(=O)/C=C(\C1CCCCC1)C(O)C1CCCCC1. The minimum absolute atomic E-state index is 0.0189. The largest absolute Gasteiger partial charge is 0.388 e. The molecule has 0 bridgehead atoms. The Morgan fingerprint density at radius 1 is 1.00 bits per heavy atom. The quantitative estimate of drug-likeness (QED) is 0.806. The number of hydrogen-bond donors (Lipinski definition) is 1. The average molecular weight is 293 g/mol. The number of aliphatic hydroxyl groups is 1. The molecule has 1 amide bonds. The fourth-order valence-electron chi connectivity index (χ4n) is 3.87. The van der Waals surface area contributed by atoms with Gasteiger partial charge >= 0.3 is 0 Å². The molecule has 0 radical (unpaired) electrons. The van der Waals surface area contributed by atoms with Gasteiger partial charge in [0.1, 0.15) is 0 Å². The molecule has 0 aromatic rings. The predicted octanol–water partition coefficient (Wildman–Crippen LogP) is 3.52. The topological polar surface area (TPSA) is 40.5 Å². The highest BCUT2D eigenvalue weighted by Gasteiger charge is 2.30. The molecule has 1 N–H and O–H groups in total. The van der Waals surface area contributed by atoms with Crippen molar-refractivity contribution < 1.29 is 9.90 Å². The van der Waals surface area contributed by atoms with E-state index in [0.29, 0.717) is 11.8 Å². The van der Waals surface area contributed by atoms with E-state index in [0.717, 1.165) is 31.3 Å². The van der Waals surface area contributed by atoms with Crippen molar-refractivity contribution in [1.29, 1.82) is 0 Å². The Balaban J connectivity index is 2.15. The van der Waals surface area contributed by atoms with Gasteiger partial charge in [-0.3, -0.25) is 4.79 Å². The predicted molar refractivity (Wildman–Crippen MR) is 85.9 cm³/mol. The maximum Gasteiger partial charge on any atom is 0.246 e. The molecule has 2 saturated carbocycles. The van der Waals surface area contributed by atoms with E-state index in [1.807, 2.05) is 0 Å². The highest BCUT2D eigenvalue weighted by molar-refractivity contribution is 5.88. The van der Waals surface area contributed by atoms with Crippen LogP contribution in [-0.2, 0) is 4.79 Å². The summed E-state index contributed by atoms with van der Waals surface area (Å²) in [5, 5.41) is 10.9. The molecule has 1 atom stereocenters. The van der Waals surface area contributed by atoms with Gasteiger partial charge in [0.25, 0.3) is 0 Å². The molecule has 2 aliphatic rings. The van der Waals surface area contributed by atoms with Crippen molar-refractivity contribution in [3.8, 4) is 0 Å². The molecule has 0 heterocycles. The van der Waals surface area contributed by atoms with Crippen molar-refractivity contribution in [3.05, 3.63) is 11.6 Å². The van der Waals surface area contributed by atoms with E-state index in [1.54, 1.807) is 25.1 Å². The maximum atomic E-state index is 12.1. The molecule has 3 nitrogen and oxygen atoms in total. The lowest BCUT2D eigenvalue weighted by Crippen LogP contribution is -2.31. The van der Waals surface area contributed by atoms with Gasteiger partial charge in [0.05, 0.1) is 6.10 Å². The summed E-state index contributed by atoms with van der Waals surface area (Å²) in [4.78, 5) is 13.7. The zero-order valence-electron chi connectivity index (χ0n) is 13.7. The maximum absolute atomic E-state index is 12.1. The van der Waals surface area contributed by atoms with E-state index in [9.17, 15) is 9.90 Å². The summed E-state index contributed by atoms with van der Waals surface area (Å²) in [6.07, 6.45) is 13.3. The van der Waals surface area contributed by atoms with Crippen LogP contribution in [0.1, 0.15) is 64.2 Å². The Labute approximate surface area is 129 Å². The van der Waals surface area contributed by atoms with Gasteiger partial charge in [-0.05, 0) is 43.1 Å². The Morgan fingerprint density at radius 2 is 1.52 bits per heavy atom. The van der Waals surface area contributed by atoms with Crippen LogP contribution in [0, 0.1) is 11.8 Å². The number of rotatable bonds is 4. The number of aliphatic hydroxyl groups excluding tert-OH is 1. The lowest BCUT2D eigenvalue weighted by molar-refractivity contribution is -0.123. The monoisotopic (exact) mass is 293 g/mol. The highest BCUT2D eigenvalue weighted by atomic mass is 16.3. The van der Waals surface area contributed by atoms with Gasteiger partial charge in [-0.2, -0.15) is 0 Å². The van der Waals surface area contributed by atoms with Gasteiger partial charge in [-0.1, -0.05) is 38.5 Å². The molecule has 0 aliphatic heterocycles. The first-order valence-electron chi connectivity index (χ1n) is 8.70. The summed E-state index contributed by atoms with van der Waals surface area (Å²) in [5.41, 5.74) is 1.03. The summed E-state index contributed by atoms with van der Waals surface area (Å²) in [5.74, 6) is 0.798. The molecule has 2 fully saturated rings. The zero-order valence-corrected chi connectivity index (χ0v) is 13.7. The standard InChI is InChI=1S/C18H31NO2/c1-19(2)17(20)13-16(14-9-5-3-6-10-14)18(21)15-11-7-4-8-12-15/h13-15,18,21H,3-12H2,1-2H3/b16-13+. The van der Waals surface area contributed by atoms with Crippen LogP contribution < -0.4 is 0 Å². The van der Waals surface area contributed by atoms with Crippen LogP contribution in [-0.4, -0.2) is 36.1 Å². The molecule has 0 saturated heterocycles. The summed E-state index contributed by atoms with van der Waals surface area (Å²) in [6.45, 7) is 0. The number of carbonyl (C=O) groups is 1. The van der Waals surface area contributed by atoms with E-state index in [2.05, 4.69) is 0 Å². The molecule has 120 valence electrons. The third-order valence-corrected chi connectivity index (χ3v) is 5.25. The van der Waals surface area contributed by atoms with E-state index in [-0.39, 0.29) is 5.91 Å². The number of hydrogen-bond acceptors (Lipinski definition) is 2. The van der Waals surface area contributed by atoms with Crippen LogP contribution in [0.3, 0.4) is 0 Å². The minimum Gasteiger partial charge on any atom is -0.388 e. The molecular weight excluding hydrogens is 262 g/mol. The van der Waals surface area contributed by atoms with Crippen molar-refractivity contribution in [3.63, 3.8) is 0 Å². The van der Waals surface area contributed by atoms with Crippen molar-refractivity contribution >= 4 is 5.91 Å². The molecule has 21 heavy (non-hydrogen) atoms. The summed E-state index contributed by atoms with van der Waals surface area (Å²) >= 11 is 0. The Bertz CT molecular complexity index is 363. The van der Waals surface area contributed by atoms with Crippen molar-refractivity contribution in [1.82, 2.24) is 4.90 Å². The van der Waals surface area contributed by atoms with Gasteiger partial charge in [-0.15, -0.1) is 0 Å². The lowest BCUT2D eigenvalue weighted by Gasteiger charge is -2.33. The van der Waals surface area contributed by atoms with Gasteiger partial charge in [-0.25, -0.2) is 0 Å². The molecular formula is C18H31NO2. The van der Waals surface area contributed by atoms with E-state index in [1.165, 1.54) is 38.5 Å². The van der Waals surface area contributed by atoms with Crippen molar-refractivity contribution in [2.24, 2.45) is 11.8 Å². The van der Waals surface area contributed by atoms with E-state index in [4.69, 9.17) is 0 Å². The Morgan fingerprint density at radius 3 is 2.05 bits per heavy atom. The summed E-state index contributed by atoms with van der Waals surface area (Å²) in [6, 6.07) is 0. The summed E-state index contributed by atoms with van der Waals surface area (Å²) < 4.78 is 0. The second-order valence-electron chi connectivity index (χ2n) is 7.05. The molecule has 2 rings (SSSR count). The third kappa shape index (κ3) is 4.57.